The summed E-state index contributed by atoms with van der Waals surface area (Å²) in [5, 5.41) is 4.77. The predicted octanol–water partition coefficient (Wildman–Crippen LogP) is 3.54. The van der Waals surface area contributed by atoms with Crippen LogP contribution in [0.3, 0.4) is 0 Å². The van der Waals surface area contributed by atoms with Crippen molar-refractivity contribution in [1.82, 2.24) is 10.2 Å². The second-order valence-corrected chi connectivity index (χ2v) is 5.81. The van der Waals surface area contributed by atoms with Gasteiger partial charge in [-0.05, 0) is 43.9 Å². The molecule has 0 aromatic heterocycles. The Kier molecular flexibility index (Phi) is 6.46. The molecule has 26 heavy (non-hydrogen) atoms. The summed E-state index contributed by atoms with van der Waals surface area (Å²) in [4.78, 5) is 13.9. The second-order valence-electron chi connectivity index (χ2n) is 5.81. The number of anilines is 1. The van der Waals surface area contributed by atoms with E-state index in [0.717, 1.165) is 17.7 Å². The molecule has 0 fully saturated rings. The number of urea groups is 1. The lowest BCUT2D eigenvalue weighted by atomic mass is 10.1. The fourth-order valence-corrected chi connectivity index (χ4v) is 2.43. The Morgan fingerprint density at radius 2 is 1.88 bits per heavy atom. The molecular weight excluding hydrogens is 347 g/mol. The van der Waals surface area contributed by atoms with Gasteiger partial charge in [0.2, 0.25) is 0 Å². The van der Waals surface area contributed by atoms with Crippen molar-refractivity contribution in [3.8, 4) is 5.75 Å². The summed E-state index contributed by atoms with van der Waals surface area (Å²) in [5.41, 5.74) is 0.470. The summed E-state index contributed by atoms with van der Waals surface area (Å²) in [6.45, 7) is 0.206. The molecule has 0 aliphatic carbocycles. The van der Waals surface area contributed by atoms with Gasteiger partial charge in [-0.1, -0.05) is 12.1 Å². The van der Waals surface area contributed by atoms with Crippen LogP contribution in [0.1, 0.15) is 11.6 Å². The second kappa shape index (κ2) is 8.57. The minimum Gasteiger partial charge on any atom is -0.497 e. The first-order chi connectivity index (χ1) is 12.3. The van der Waals surface area contributed by atoms with E-state index in [2.05, 4.69) is 10.6 Å². The molecule has 0 saturated carbocycles. The van der Waals surface area contributed by atoms with Crippen molar-refractivity contribution in [3.05, 3.63) is 59.4 Å². The van der Waals surface area contributed by atoms with Crippen LogP contribution in [0.15, 0.2) is 36.4 Å². The number of carbonyl (C=O) groups excluding carboxylic acids is 1. The number of amides is 2. The summed E-state index contributed by atoms with van der Waals surface area (Å²) in [5.74, 6) is -3.72. The number of benzene rings is 2. The van der Waals surface area contributed by atoms with E-state index in [0.29, 0.717) is 5.75 Å². The van der Waals surface area contributed by atoms with Crippen LogP contribution in [-0.2, 0) is 0 Å². The number of likely N-dealkylation sites (N-methyl/N-ethyl adjacent to an activating group) is 1. The summed E-state index contributed by atoms with van der Waals surface area (Å²) in [6.07, 6.45) is 0. The number of nitrogens with zero attached hydrogens (tertiary/aromatic N) is 1. The van der Waals surface area contributed by atoms with E-state index in [1.807, 2.05) is 43.3 Å². The van der Waals surface area contributed by atoms with Gasteiger partial charge in [-0.25, -0.2) is 18.0 Å². The Morgan fingerprint density at radius 3 is 2.54 bits per heavy atom. The lowest BCUT2D eigenvalue weighted by molar-refractivity contribution is 0.243. The highest BCUT2D eigenvalue weighted by atomic mass is 19.2. The van der Waals surface area contributed by atoms with Gasteiger partial charge in [-0.2, -0.15) is 0 Å². The molecule has 1 atom stereocenters. The average Bonchev–Trinajstić information content (AvgIpc) is 2.62. The van der Waals surface area contributed by atoms with E-state index >= 15 is 0 Å². The van der Waals surface area contributed by atoms with E-state index in [-0.39, 0.29) is 12.6 Å². The standard InChI is InChI=1S/C18H20F3N3O2/c1-24(2)15(11-5-4-6-12(9-11)26-3)10-22-18(25)23-14-8-7-13(19)16(20)17(14)21/h4-9,15H,10H2,1-3H3,(H2,22,23,25). The SMILES string of the molecule is COc1cccc(C(CNC(=O)Nc2ccc(F)c(F)c2F)N(C)C)c1. The first kappa shape index (κ1) is 19.6. The molecule has 2 aromatic rings. The molecule has 0 bridgehead atoms. The maximum atomic E-state index is 13.6. The Balaban J connectivity index is 2.05. The Hall–Kier alpha value is -2.74. The fourth-order valence-electron chi connectivity index (χ4n) is 2.43. The third-order valence-electron chi connectivity index (χ3n) is 3.84. The molecule has 0 radical (unpaired) electrons. The third-order valence-corrected chi connectivity index (χ3v) is 3.84. The fraction of sp³-hybridized carbons (Fsp3) is 0.278. The monoisotopic (exact) mass is 367 g/mol. The van der Waals surface area contributed by atoms with Gasteiger partial charge in [-0.15, -0.1) is 0 Å². The van der Waals surface area contributed by atoms with Gasteiger partial charge in [0.1, 0.15) is 5.75 Å². The minimum absolute atomic E-state index is 0.175. The highest BCUT2D eigenvalue weighted by molar-refractivity contribution is 5.89. The van der Waals surface area contributed by atoms with E-state index in [4.69, 9.17) is 4.74 Å². The summed E-state index contributed by atoms with van der Waals surface area (Å²) >= 11 is 0. The van der Waals surface area contributed by atoms with Gasteiger partial charge in [0.25, 0.3) is 0 Å². The molecule has 5 nitrogen and oxygen atoms in total. The largest absolute Gasteiger partial charge is 0.497 e. The molecule has 2 rings (SSSR count). The van der Waals surface area contributed by atoms with Crippen molar-refractivity contribution < 1.29 is 22.7 Å². The van der Waals surface area contributed by atoms with Gasteiger partial charge in [0.05, 0.1) is 18.8 Å². The lowest BCUT2D eigenvalue weighted by Gasteiger charge is -2.25. The van der Waals surface area contributed by atoms with Crippen molar-refractivity contribution >= 4 is 11.7 Å². The molecule has 0 spiro atoms. The Labute approximate surface area is 149 Å². The summed E-state index contributed by atoms with van der Waals surface area (Å²) < 4.78 is 45.0. The third kappa shape index (κ3) is 4.66. The Bertz CT molecular complexity index is 784. The molecule has 2 amide bonds. The van der Waals surface area contributed by atoms with Gasteiger partial charge in [-0.3, -0.25) is 0 Å². The van der Waals surface area contributed by atoms with E-state index in [1.165, 1.54) is 0 Å². The molecule has 0 heterocycles. The first-order valence-corrected chi connectivity index (χ1v) is 7.82. The summed E-state index contributed by atoms with van der Waals surface area (Å²) in [7, 11) is 5.25. The van der Waals surface area contributed by atoms with Crippen molar-refractivity contribution in [1.29, 1.82) is 0 Å². The Morgan fingerprint density at radius 1 is 1.15 bits per heavy atom. The van der Waals surface area contributed by atoms with Crippen LogP contribution in [0.25, 0.3) is 0 Å². The van der Waals surface area contributed by atoms with E-state index < -0.39 is 29.2 Å². The van der Waals surface area contributed by atoms with Crippen molar-refractivity contribution in [2.75, 3.05) is 33.1 Å². The quantitative estimate of drug-likeness (QED) is 0.768. The molecule has 140 valence electrons. The van der Waals surface area contributed by atoms with Crippen molar-refractivity contribution in [2.45, 2.75) is 6.04 Å². The molecule has 0 saturated heterocycles. The molecule has 8 heteroatoms. The van der Waals surface area contributed by atoms with Gasteiger partial charge < -0.3 is 20.3 Å². The maximum absolute atomic E-state index is 13.6. The number of halogens is 3. The van der Waals surface area contributed by atoms with Crippen molar-refractivity contribution in [3.63, 3.8) is 0 Å². The number of rotatable bonds is 6. The number of methoxy groups -OCH3 is 1. The van der Waals surface area contributed by atoms with Crippen LogP contribution in [0.2, 0.25) is 0 Å². The zero-order valence-electron chi connectivity index (χ0n) is 14.6. The molecular formula is C18H20F3N3O2. The number of nitrogens with one attached hydrogen (secondary N) is 2. The normalized spacial score (nSPS) is 12.0. The number of ether oxygens (including phenoxy) is 1. The van der Waals surface area contributed by atoms with Gasteiger partial charge in [0.15, 0.2) is 17.5 Å². The van der Waals surface area contributed by atoms with Gasteiger partial charge >= 0.3 is 6.03 Å². The first-order valence-electron chi connectivity index (χ1n) is 7.82. The summed E-state index contributed by atoms with van der Waals surface area (Å²) in [6, 6.07) is 8.17. The highest BCUT2D eigenvalue weighted by Crippen LogP contribution is 2.22. The van der Waals surface area contributed by atoms with E-state index in [9.17, 15) is 18.0 Å². The maximum Gasteiger partial charge on any atom is 0.319 e. The highest BCUT2D eigenvalue weighted by Gasteiger charge is 2.18. The van der Waals surface area contributed by atoms with Crippen LogP contribution in [-0.4, -0.2) is 38.7 Å². The number of carbonyl (C=O) groups is 1. The van der Waals surface area contributed by atoms with Crippen LogP contribution < -0.4 is 15.4 Å². The van der Waals surface area contributed by atoms with Crippen LogP contribution in [0.4, 0.5) is 23.7 Å². The van der Waals surface area contributed by atoms with Crippen LogP contribution >= 0.6 is 0 Å². The van der Waals surface area contributed by atoms with Crippen molar-refractivity contribution in [2.24, 2.45) is 0 Å². The van der Waals surface area contributed by atoms with Crippen LogP contribution in [0.5, 0.6) is 5.75 Å². The lowest BCUT2D eigenvalue weighted by Crippen LogP contribution is -2.37. The molecule has 1 unspecified atom stereocenters. The number of hydrogen-bond donors (Lipinski definition) is 2. The molecule has 2 aromatic carbocycles. The topological polar surface area (TPSA) is 53.6 Å². The zero-order valence-corrected chi connectivity index (χ0v) is 14.6. The molecule has 0 aliphatic heterocycles. The van der Waals surface area contributed by atoms with Gasteiger partial charge in [0, 0.05) is 6.54 Å². The zero-order chi connectivity index (χ0) is 19.3. The van der Waals surface area contributed by atoms with Crippen LogP contribution in [0, 0.1) is 17.5 Å². The molecule has 2 N–H and O–H groups in total. The number of hydrogen-bond acceptors (Lipinski definition) is 3. The van der Waals surface area contributed by atoms with E-state index in [1.54, 1.807) is 7.11 Å². The average molecular weight is 367 g/mol. The molecule has 0 aliphatic rings. The predicted molar refractivity (Wildman–Crippen MR) is 92.8 cm³/mol. The smallest absolute Gasteiger partial charge is 0.319 e. The minimum atomic E-state index is -1.63.